The maximum absolute atomic E-state index is 10.8. The summed E-state index contributed by atoms with van der Waals surface area (Å²) in [6.07, 6.45) is 0.410. The SMILES string of the molecule is COc1cc(Cl)cc(CC(C)C(=O)O)c1Br. The Bertz CT molecular complexity index is 406. The molecule has 1 rings (SSSR count). The van der Waals surface area contributed by atoms with Gasteiger partial charge in [-0.05, 0) is 40.0 Å². The van der Waals surface area contributed by atoms with Gasteiger partial charge in [0.05, 0.1) is 17.5 Å². The van der Waals surface area contributed by atoms with Crippen LogP contribution in [0.5, 0.6) is 5.75 Å². The van der Waals surface area contributed by atoms with Crippen molar-refractivity contribution in [1.82, 2.24) is 0 Å². The van der Waals surface area contributed by atoms with Gasteiger partial charge in [0.1, 0.15) is 5.75 Å². The molecule has 0 radical (unpaired) electrons. The summed E-state index contributed by atoms with van der Waals surface area (Å²) in [6.45, 7) is 1.65. The molecule has 0 heterocycles. The molecule has 1 N–H and O–H groups in total. The Labute approximate surface area is 107 Å². The molecule has 0 aromatic heterocycles. The number of rotatable bonds is 4. The quantitative estimate of drug-likeness (QED) is 0.927. The van der Waals surface area contributed by atoms with Gasteiger partial charge in [-0.2, -0.15) is 0 Å². The highest BCUT2D eigenvalue weighted by molar-refractivity contribution is 9.10. The molecule has 3 nitrogen and oxygen atoms in total. The Morgan fingerprint density at radius 2 is 2.25 bits per heavy atom. The number of methoxy groups -OCH3 is 1. The second kappa shape index (κ2) is 5.55. The first kappa shape index (κ1) is 13.3. The molecule has 0 fully saturated rings. The molecule has 1 aromatic rings. The molecule has 0 saturated carbocycles. The first-order chi connectivity index (χ1) is 7.45. The molecule has 0 aliphatic heterocycles. The highest BCUT2D eigenvalue weighted by Crippen LogP contribution is 2.33. The fourth-order valence-electron chi connectivity index (χ4n) is 1.33. The minimum Gasteiger partial charge on any atom is -0.496 e. The van der Waals surface area contributed by atoms with Crippen molar-refractivity contribution in [2.45, 2.75) is 13.3 Å². The molecule has 0 bridgehead atoms. The zero-order valence-corrected chi connectivity index (χ0v) is 11.3. The molecular weight excluding hydrogens is 295 g/mol. The third kappa shape index (κ3) is 3.12. The van der Waals surface area contributed by atoms with Crippen molar-refractivity contribution in [3.8, 4) is 5.75 Å². The lowest BCUT2D eigenvalue weighted by molar-refractivity contribution is -0.141. The molecule has 0 saturated heterocycles. The molecule has 0 spiro atoms. The highest BCUT2D eigenvalue weighted by atomic mass is 79.9. The van der Waals surface area contributed by atoms with Gasteiger partial charge < -0.3 is 9.84 Å². The predicted octanol–water partition coefficient (Wildman–Crippen LogP) is 3.37. The maximum atomic E-state index is 10.8. The molecule has 1 unspecified atom stereocenters. The third-order valence-electron chi connectivity index (χ3n) is 2.25. The van der Waals surface area contributed by atoms with E-state index in [0.29, 0.717) is 17.2 Å². The zero-order valence-electron chi connectivity index (χ0n) is 8.96. The van der Waals surface area contributed by atoms with Crippen molar-refractivity contribution in [3.63, 3.8) is 0 Å². The zero-order chi connectivity index (χ0) is 12.3. The summed E-state index contributed by atoms with van der Waals surface area (Å²) >= 11 is 9.29. The summed E-state index contributed by atoms with van der Waals surface area (Å²) in [5, 5.41) is 9.39. The van der Waals surface area contributed by atoms with Crippen LogP contribution in [0.3, 0.4) is 0 Å². The van der Waals surface area contributed by atoms with E-state index in [2.05, 4.69) is 15.9 Å². The van der Waals surface area contributed by atoms with Crippen molar-refractivity contribution < 1.29 is 14.6 Å². The van der Waals surface area contributed by atoms with Gasteiger partial charge in [0, 0.05) is 5.02 Å². The second-order valence-corrected chi connectivity index (χ2v) is 4.75. The summed E-state index contributed by atoms with van der Waals surface area (Å²) in [5.41, 5.74) is 0.833. The molecule has 0 amide bonds. The van der Waals surface area contributed by atoms with Crippen LogP contribution in [0.15, 0.2) is 16.6 Å². The molecule has 1 aromatic carbocycles. The van der Waals surface area contributed by atoms with Crippen molar-refractivity contribution in [3.05, 3.63) is 27.2 Å². The standard InChI is InChI=1S/C11H12BrClO3/c1-6(11(14)15)3-7-4-8(13)5-9(16-2)10(7)12/h4-6H,3H2,1-2H3,(H,14,15). The van der Waals surface area contributed by atoms with Gasteiger partial charge in [0.2, 0.25) is 0 Å². The van der Waals surface area contributed by atoms with Crippen LogP contribution in [-0.4, -0.2) is 18.2 Å². The Kier molecular flexibility index (Phi) is 4.62. The van der Waals surface area contributed by atoms with Crippen LogP contribution in [0.4, 0.5) is 0 Å². The molecule has 1 atom stereocenters. The average molecular weight is 308 g/mol. The van der Waals surface area contributed by atoms with Gasteiger partial charge in [0.15, 0.2) is 0 Å². The van der Waals surface area contributed by atoms with Gasteiger partial charge in [-0.1, -0.05) is 18.5 Å². The van der Waals surface area contributed by atoms with E-state index < -0.39 is 11.9 Å². The highest BCUT2D eigenvalue weighted by Gasteiger charge is 2.16. The largest absolute Gasteiger partial charge is 0.496 e. The van der Waals surface area contributed by atoms with Gasteiger partial charge in [-0.25, -0.2) is 0 Å². The van der Waals surface area contributed by atoms with Gasteiger partial charge in [0.25, 0.3) is 0 Å². The number of ether oxygens (including phenoxy) is 1. The van der Waals surface area contributed by atoms with Crippen molar-refractivity contribution in [1.29, 1.82) is 0 Å². The Morgan fingerprint density at radius 3 is 2.75 bits per heavy atom. The van der Waals surface area contributed by atoms with Crippen LogP contribution in [0.25, 0.3) is 0 Å². The predicted molar refractivity (Wildman–Crippen MR) is 66.2 cm³/mol. The summed E-state index contributed by atoms with van der Waals surface area (Å²) in [7, 11) is 1.54. The van der Waals surface area contributed by atoms with Crippen molar-refractivity contribution >= 4 is 33.5 Å². The number of hydrogen-bond donors (Lipinski definition) is 1. The van der Waals surface area contributed by atoms with E-state index in [4.69, 9.17) is 21.4 Å². The van der Waals surface area contributed by atoms with Crippen LogP contribution in [0.2, 0.25) is 5.02 Å². The number of carboxylic acid groups (broad SMARTS) is 1. The second-order valence-electron chi connectivity index (χ2n) is 3.52. The first-order valence-corrected chi connectivity index (χ1v) is 5.87. The van der Waals surface area contributed by atoms with Crippen LogP contribution >= 0.6 is 27.5 Å². The number of aliphatic carboxylic acids is 1. The van der Waals surface area contributed by atoms with Gasteiger partial charge >= 0.3 is 5.97 Å². The third-order valence-corrected chi connectivity index (χ3v) is 3.37. The smallest absolute Gasteiger partial charge is 0.306 e. The molecule has 0 aliphatic carbocycles. The van der Waals surface area contributed by atoms with E-state index in [0.717, 1.165) is 10.0 Å². The van der Waals surface area contributed by atoms with E-state index in [1.54, 1.807) is 26.2 Å². The van der Waals surface area contributed by atoms with Gasteiger partial charge in [-0.3, -0.25) is 4.79 Å². The number of carboxylic acids is 1. The van der Waals surface area contributed by atoms with E-state index in [-0.39, 0.29) is 0 Å². The minimum absolute atomic E-state index is 0.410. The lowest BCUT2D eigenvalue weighted by Gasteiger charge is -2.12. The summed E-state index contributed by atoms with van der Waals surface area (Å²) in [6, 6.07) is 3.42. The summed E-state index contributed by atoms with van der Waals surface area (Å²) in [5.74, 6) is -0.676. The van der Waals surface area contributed by atoms with E-state index in [9.17, 15) is 4.79 Å². The molecule has 16 heavy (non-hydrogen) atoms. The fourth-order valence-corrected chi connectivity index (χ4v) is 2.12. The van der Waals surface area contributed by atoms with E-state index in [1.807, 2.05) is 0 Å². The average Bonchev–Trinajstić information content (AvgIpc) is 2.22. The summed E-state index contributed by atoms with van der Waals surface area (Å²) < 4.78 is 5.89. The fraction of sp³-hybridized carbons (Fsp3) is 0.364. The summed E-state index contributed by atoms with van der Waals surface area (Å²) in [4.78, 5) is 10.8. The van der Waals surface area contributed by atoms with Crippen LogP contribution in [0, 0.1) is 5.92 Å². The van der Waals surface area contributed by atoms with Gasteiger partial charge in [-0.15, -0.1) is 0 Å². The number of halogens is 2. The first-order valence-electron chi connectivity index (χ1n) is 4.70. The molecular formula is C11H12BrClO3. The van der Waals surface area contributed by atoms with E-state index in [1.165, 1.54) is 0 Å². The normalized spacial score (nSPS) is 12.2. The minimum atomic E-state index is -0.828. The lowest BCUT2D eigenvalue weighted by atomic mass is 10.0. The maximum Gasteiger partial charge on any atom is 0.306 e. The Balaban J connectivity index is 3.04. The van der Waals surface area contributed by atoms with E-state index >= 15 is 0 Å². The Hall–Kier alpha value is -0.740. The number of hydrogen-bond acceptors (Lipinski definition) is 2. The Morgan fingerprint density at radius 1 is 1.62 bits per heavy atom. The number of benzene rings is 1. The monoisotopic (exact) mass is 306 g/mol. The number of carbonyl (C=O) groups is 1. The van der Waals surface area contributed by atoms with Crippen LogP contribution in [-0.2, 0) is 11.2 Å². The topological polar surface area (TPSA) is 46.5 Å². The van der Waals surface area contributed by atoms with Crippen LogP contribution < -0.4 is 4.74 Å². The van der Waals surface area contributed by atoms with Crippen molar-refractivity contribution in [2.75, 3.05) is 7.11 Å². The molecule has 0 aliphatic rings. The molecule has 5 heteroatoms. The van der Waals surface area contributed by atoms with Crippen LogP contribution in [0.1, 0.15) is 12.5 Å². The molecule has 88 valence electrons. The van der Waals surface area contributed by atoms with Crippen molar-refractivity contribution in [2.24, 2.45) is 5.92 Å². The lowest BCUT2D eigenvalue weighted by Crippen LogP contribution is -2.12.